The quantitative estimate of drug-likeness (QED) is 0.410. The van der Waals surface area contributed by atoms with Gasteiger partial charge in [0.05, 0.1) is 6.04 Å². The van der Waals surface area contributed by atoms with Crippen LogP contribution in [0.25, 0.3) is 0 Å². The number of nitrogens with zero attached hydrogens (tertiary/aromatic N) is 5. The van der Waals surface area contributed by atoms with Crippen LogP contribution >= 0.6 is 0 Å². The van der Waals surface area contributed by atoms with Crippen molar-refractivity contribution in [3.63, 3.8) is 0 Å². The Bertz CT molecular complexity index is 539. The van der Waals surface area contributed by atoms with Gasteiger partial charge < -0.3 is 20.0 Å². The number of amides is 1. The number of nitrogens with one attached hydrogen (secondary N) is 1. The third kappa shape index (κ3) is 6.32. The van der Waals surface area contributed by atoms with Crippen molar-refractivity contribution in [3.8, 4) is 0 Å². The molecule has 3 saturated heterocycles. The third-order valence-corrected chi connectivity index (χ3v) is 6.82. The fraction of sp³-hybridized carbons (Fsp3) is 0.909. The van der Waals surface area contributed by atoms with Gasteiger partial charge in [0.15, 0.2) is 5.96 Å². The molecule has 1 N–H and O–H groups in total. The Morgan fingerprint density at radius 1 is 1.03 bits per heavy atom. The third-order valence-electron chi connectivity index (χ3n) is 6.82. The van der Waals surface area contributed by atoms with E-state index in [1.165, 1.54) is 32.5 Å². The Balaban J connectivity index is 1.35. The molecule has 0 aromatic carbocycles. The van der Waals surface area contributed by atoms with E-state index in [1.807, 2.05) is 11.9 Å². The van der Waals surface area contributed by atoms with E-state index >= 15 is 0 Å². The van der Waals surface area contributed by atoms with E-state index in [-0.39, 0.29) is 6.04 Å². The SMILES string of the molecule is CN=C(NCCCN1CCCC(C)C1)N1CCN(C(C)C(=O)N2CCCC2)CC1. The van der Waals surface area contributed by atoms with Gasteiger partial charge in [0, 0.05) is 59.4 Å². The highest BCUT2D eigenvalue weighted by atomic mass is 16.2. The maximum absolute atomic E-state index is 12.7. The van der Waals surface area contributed by atoms with E-state index in [9.17, 15) is 4.79 Å². The molecule has 7 nitrogen and oxygen atoms in total. The Labute approximate surface area is 177 Å². The lowest BCUT2D eigenvalue weighted by Gasteiger charge is -2.39. The monoisotopic (exact) mass is 406 g/mol. The highest BCUT2D eigenvalue weighted by Gasteiger charge is 2.30. The predicted octanol–water partition coefficient (Wildman–Crippen LogP) is 1.31. The van der Waals surface area contributed by atoms with Gasteiger partial charge in [-0.15, -0.1) is 0 Å². The van der Waals surface area contributed by atoms with E-state index in [1.54, 1.807) is 0 Å². The van der Waals surface area contributed by atoms with Crippen molar-refractivity contribution in [1.29, 1.82) is 0 Å². The summed E-state index contributed by atoms with van der Waals surface area (Å²) in [7, 11) is 1.88. The van der Waals surface area contributed by atoms with Crippen molar-refractivity contribution in [1.82, 2.24) is 24.9 Å². The summed E-state index contributed by atoms with van der Waals surface area (Å²) in [6.45, 7) is 14.7. The van der Waals surface area contributed by atoms with Gasteiger partial charge in [-0.05, 0) is 58.0 Å². The van der Waals surface area contributed by atoms with Crippen molar-refractivity contribution in [2.45, 2.75) is 52.0 Å². The molecule has 3 rings (SSSR count). The Morgan fingerprint density at radius 2 is 1.76 bits per heavy atom. The van der Waals surface area contributed by atoms with Gasteiger partial charge in [-0.3, -0.25) is 14.7 Å². The summed E-state index contributed by atoms with van der Waals surface area (Å²) < 4.78 is 0. The molecule has 29 heavy (non-hydrogen) atoms. The molecule has 2 atom stereocenters. The number of piperazine rings is 1. The van der Waals surface area contributed by atoms with E-state index in [4.69, 9.17) is 0 Å². The topological polar surface area (TPSA) is 54.4 Å². The molecule has 3 heterocycles. The summed E-state index contributed by atoms with van der Waals surface area (Å²) in [5.74, 6) is 2.17. The van der Waals surface area contributed by atoms with Gasteiger partial charge in [0.25, 0.3) is 0 Å². The summed E-state index contributed by atoms with van der Waals surface area (Å²) in [6.07, 6.45) is 6.21. The molecule has 3 aliphatic heterocycles. The molecule has 0 radical (unpaired) electrons. The minimum absolute atomic E-state index is 0.00263. The van der Waals surface area contributed by atoms with Crippen LogP contribution in [0.5, 0.6) is 0 Å². The van der Waals surface area contributed by atoms with Gasteiger partial charge >= 0.3 is 0 Å². The second-order valence-corrected chi connectivity index (χ2v) is 9.11. The van der Waals surface area contributed by atoms with Crippen LogP contribution in [0.4, 0.5) is 0 Å². The average Bonchev–Trinajstić information content (AvgIpc) is 3.28. The lowest BCUT2D eigenvalue weighted by Crippen LogP contribution is -2.57. The molecule has 0 saturated carbocycles. The normalized spacial score (nSPS) is 26.0. The minimum atomic E-state index is -0.00263. The second-order valence-electron chi connectivity index (χ2n) is 9.11. The van der Waals surface area contributed by atoms with Gasteiger partial charge in [0.1, 0.15) is 0 Å². The summed E-state index contributed by atoms with van der Waals surface area (Å²) in [5, 5.41) is 3.56. The number of hydrogen-bond donors (Lipinski definition) is 1. The van der Waals surface area contributed by atoms with E-state index in [2.05, 4.69) is 38.9 Å². The summed E-state index contributed by atoms with van der Waals surface area (Å²) >= 11 is 0. The molecule has 0 bridgehead atoms. The van der Waals surface area contributed by atoms with Crippen LogP contribution in [0.2, 0.25) is 0 Å². The number of carbonyl (C=O) groups excluding carboxylic acids is 1. The number of guanidine groups is 1. The number of carbonyl (C=O) groups is 1. The Morgan fingerprint density at radius 3 is 2.41 bits per heavy atom. The molecular weight excluding hydrogens is 364 g/mol. The first kappa shape index (κ1) is 22.3. The molecule has 3 aliphatic rings. The molecule has 0 aromatic heterocycles. The summed E-state index contributed by atoms with van der Waals surface area (Å²) in [4.78, 5) is 26.5. The highest BCUT2D eigenvalue weighted by molar-refractivity contribution is 5.82. The largest absolute Gasteiger partial charge is 0.356 e. The second kappa shape index (κ2) is 11.2. The van der Waals surface area contributed by atoms with Crippen LogP contribution in [0.1, 0.15) is 46.0 Å². The van der Waals surface area contributed by atoms with Crippen LogP contribution in [-0.2, 0) is 4.79 Å². The number of likely N-dealkylation sites (tertiary alicyclic amines) is 2. The standard InChI is InChI=1S/C22H42N6O/c1-19-8-6-10-25(18-19)11-7-9-24-22(23-3)28-16-14-26(15-17-28)20(2)21(29)27-12-4-5-13-27/h19-20H,4-18H2,1-3H3,(H,23,24). The Kier molecular flexibility index (Phi) is 8.60. The lowest BCUT2D eigenvalue weighted by atomic mass is 10.0. The number of rotatable bonds is 6. The maximum Gasteiger partial charge on any atom is 0.239 e. The van der Waals surface area contributed by atoms with Gasteiger partial charge in [-0.2, -0.15) is 0 Å². The van der Waals surface area contributed by atoms with Crippen molar-refractivity contribution in [2.75, 3.05) is 72.5 Å². The molecule has 7 heteroatoms. The molecule has 0 aromatic rings. The average molecular weight is 407 g/mol. The predicted molar refractivity (Wildman–Crippen MR) is 119 cm³/mol. The Hall–Kier alpha value is -1.34. The smallest absolute Gasteiger partial charge is 0.239 e. The van der Waals surface area contributed by atoms with Crippen molar-refractivity contribution in [3.05, 3.63) is 0 Å². The summed E-state index contributed by atoms with van der Waals surface area (Å²) in [6, 6.07) is -0.00263. The van der Waals surface area contributed by atoms with Gasteiger partial charge in [-0.25, -0.2) is 0 Å². The minimum Gasteiger partial charge on any atom is -0.356 e. The number of hydrogen-bond acceptors (Lipinski definition) is 4. The van der Waals surface area contributed by atoms with E-state index in [0.717, 1.165) is 77.0 Å². The van der Waals surface area contributed by atoms with Crippen LogP contribution < -0.4 is 5.32 Å². The lowest BCUT2D eigenvalue weighted by molar-refractivity contribution is -0.135. The molecule has 166 valence electrons. The molecule has 2 unspecified atom stereocenters. The van der Waals surface area contributed by atoms with Crippen LogP contribution in [0.15, 0.2) is 4.99 Å². The van der Waals surface area contributed by atoms with Crippen LogP contribution in [0.3, 0.4) is 0 Å². The zero-order valence-electron chi connectivity index (χ0n) is 18.9. The summed E-state index contributed by atoms with van der Waals surface area (Å²) in [5.41, 5.74) is 0. The van der Waals surface area contributed by atoms with Gasteiger partial charge in [-0.1, -0.05) is 6.92 Å². The van der Waals surface area contributed by atoms with Crippen molar-refractivity contribution >= 4 is 11.9 Å². The zero-order valence-corrected chi connectivity index (χ0v) is 18.9. The van der Waals surface area contributed by atoms with Crippen molar-refractivity contribution in [2.24, 2.45) is 10.9 Å². The first-order valence-electron chi connectivity index (χ1n) is 11.8. The van der Waals surface area contributed by atoms with Crippen LogP contribution in [0, 0.1) is 5.92 Å². The maximum atomic E-state index is 12.7. The molecular formula is C22H42N6O. The van der Waals surface area contributed by atoms with Crippen LogP contribution in [-0.4, -0.2) is 110 Å². The highest BCUT2D eigenvalue weighted by Crippen LogP contribution is 2.16. The first-order chi connectivity index (χ1) is 14.1. The van der Waals surface area contributed by atoms with E-state index in [0.29, 0.717) is 5.91 Å². The fourth-order valence-corrected chi connectivity index (χ4v) is 5.00. The molecule has 0 aliphatic carbocycles. The first-order valence-corrected chi connectivity index (χ1v) is 11.8. The van der Waals surface area contributed by atoms with Gasteiger partial charge in [0.2, 0.25) is 5.91 Å². The van der Waals surface area contributed by atoms with E-state index < -0.39 is 0 Å². The molecule has 3 fully saturated rings. The number of aliphatic imine (C=N–C) groups is 1. The fourth-order valence-electron chi connectivity index (χ4n) is 5.00. The zero-order chi connectivity index (χ0) is 20.6. The number of piperidine rings is 1. The van der Waals surface area contributed by atoms with Crippen molar-refractivity contribution < 1.29 is 4.79 Å². The molecule has 0 spiro atoms. The molecule has 1 amide bonds.